The topological polar surface area (TPSA) is 37.3 Å². The van der Waals surface area contributed by atoms with E-state index in [1.807, 2.05) is 47.8 Å². The summed E-state index contributed by atoms with van der Waals surface area (Å²) in [4.78, 5) is 13.0. The standard InChI is InChI=1S/C12H10O2S2/c13-12(14)11(10-7-4-8-15-10)16-9-5-2-1-3-6-9/h1-8,11H,(H,13,14). The van der Waals surface area contributed by atoms with Crippen LogP contribution in [0.2, 0.25) is 0 Å². The van der Waals surface area contributed by atoms with E-state index < -0.39 is 11.2 Å². The number of thioether (sulfide) groups is 1. The maximum Gasteiger partial charge on any atom is 0.322 e. The van der Waals surface area contributed by atoms with Crippen molar-refractivity contribution in [3.63, 3.8) is 0 Å². The first-order valence-electron chi connectivity index (χ1n) is 4.75. The molecule has 82 valence electrons. The van der Waals surface area contributed by atoms with Crippen molar-refractivity contribution in [3.05, 3.63) is 52.7 Å². The van der Waals surface area contributed by atoms with Gasteiger partial charge in [0.15, 0.2) is 0 Å². The predicted molar refractivity (Wildman–Crippen MR) is 67.0 cm³/mol. The minimum absolute atomic E-state index is 0.512. The normalized spacial score (nSPS) is 12.2. The number of carboxylic acid groups (broad SMARTS) is 1. The number of hydrogen-bond donors (Lipinski definition) is 1. The molecule has 0 fully saturated rings. The maximum atomic E-state index is 11.2. The van der Waals surface area contributed by atoms with Gasteiger partial charge in [-0.1, -0.05) is 24.3 Å². The molecule has 2 nitrogen and oxygen atoms in total. The highest BCUT2D eigenvalue weighted by atomic mass is 32.2. The fourth-order valence-electron chi connectivity index (χ4n) is 1.31. The van der Waals surface area contributed by atoms with Gasteiger partial charge < -0.3 is 5.11 Å². The highest BCUT2D eigenvalue weighted by molar-refractivity contribution is 8.00. The predicted octanol–water partition coefficient (Wildman–Crippen LogP) is 3.67. The van der Waals surface area contributed by atoms with Crippen LogP contribution in [-0.4, -0.2) is 11.1 Å². The lowest BCUT2D eigenvalue weighted by molar-refractivity contribution is -0.136. The van der Waals surface area contributed by atoms with Crippen molar-refractivity contribution >= 4 is 29.1 Å². The summed E-state index contributed by atoms with van der Waals surface area (Å²) in [5, 5.41) is 10.6. The molecule has 16 heavy (non-hydrogen) atoms. The van der Waals surface area contributed by atoms with Crippen molar-refractivity contribution in [2.75, 3.05) is 0 Å². The Balaban J connectivity index is 2.19. The largest absolute Gasteiger partial charge is 0.480 e. The van der Waals surface area contributed by atoms with Gasteiger partial charge in [-0.25, -0.2) is 0 Å². The van der Waals surface area contributed by atoms with Gasteiger partial charge >= 0.3 is 5.97 Å². The average molecular weight is 250 g/mol. The SMILES string of the molecule is O=C(O)C(Sc1ccccc1)c1cccs1. The molecular weight excluding hydrogens is 240 g/mol. The van der Waals surface area contributed by atoms with E-state index in [1.165, 1.54) is 23.1 Å². The molecule has 2 aromatic rings. The smallest absolute Gasteiger partial charge is 0.322 e. The zero-order valence-electron chi connectivity index (χ0n) is 8.37. The van der Waals surface area contributed by atoms with Crippen LogP contribution in [0.3, 0.4) is 0 Å². The molecule has 0 radical (unpaired) electrons. The summed E-state index contributed by atoms with van der Waals surface area (Å²) >= 11 is 2.84. The van der Waals surface area contributed by atoms with Crippen LogP contribution in [0.4, 0.5) is 0 Å². The lowest BCUT2D eigenvalue weighted by Crippen LogP contribution is -2.05. The molecule has 0 aliphatic carbocycles. The van der Waals surface area contributed by atoms with Crippen molar-refractivity contribution < 1.29 is 9.90 Å². The molecule has 1 N–H and O–H groups in total. The van der Waals surface area contributed by atoms with E-state index in [0.29, 0.717) is 0 Å². The third-order valence-electron chi connectivity index (χ3n) is 2.02. The molecule has 1 aromatic heterocycles. The summed E-state index contributed by atoms with van der Waals surface area (Å²) < 4.78 is 0. The van der Waals surface area contributed by atoms with Gasteiger partial charge in [-0.05, 0) is 23.6 Å². The quantitative estimate of drug-likeness (QED) is 0.841. The monoisotopic (exact) mass is 250 g/mol. The molecular formula is C12H10O2S2. The summed E-state index contributed by atoms with van der Waals surface area (Å²) in [7, 11) is 0. The van der Waals surface area contributed by atoms with Gasteiger partial charge in [0.25, 0.3) is 0 Å². The minimum Gasteiger partial charge on any atom is -0.480 e. The fraction of sp³-hybridized carbons (Fsp3) is 0.0833. The highest BCUT2D eigenvalue weighted by Crippen LogP contribution is 2.37. The Morgan fingerprint density at radius 3 is 2.50 bits per heavy atom. The van der Waals surface area contributed by atoms with Gasteiger partial charge in [0, 0.05) is 9.77 Å². The number of hydrogen-bond acceptors (Lipinski definition) is 3. The molecule has 1 aromatic carbocycles. The second-order valence-corrected chi connectivity index (χ2v) is 5.32. The van der Waals surface area contributed by atoms with Crippen LogP contribution in [0.1, 0.15) is 10.1 Å². The molecule has 2 rings (SSSR count). The number of benzene rings is 1. The molecule has 0 amide bonds. The number of carboxylic acids is 1. The lowest BCUT2D eigenvalue weighted by Gasteiger charge is -2.09. The zero-order chi connectivity index (χ0) is 11.4. The Morgan fingerprint density at radius 1 is 1.19 bits per heavy atom. The lowest BCUT2D eigenvalue weighted by atomic mass is 10.3. The van der Waals surface area contributed by atoms with Crippen LogP contribution in [0.15, 0.2) is 52.7 Å². The van der Waals surface area contributed by atoms with E-state index >= 15 is 0 Å². The fourth-order valence-corrected chi connectivity index (χ4v) is 3.19. The molecule has 0 aliphatic heterocycles. The molecule has 0 aliphatic rings. The molecule has 0 bridgehead atoms. The Labute approximate surface area is 102 Å². The number of thiophene rings is 1. The molecule has 0 saturated carbocycles. The van der Waals surface area contributed by atoms with Crippen LogP contribution in [0, 0.1) is 0 Å². The van der Waals surface area contributed by atoms with Crippen LogP contribution in [0.5, 0.6) is 0 Å². The first kappa shape index (κ1) is 11.2. The van der Waals surface area contributed by atoms with E-state index in [-0.39, 0.29) is 0 Å². The number of aliphatic carboxylic acids is 1. The van der Waals surface area contributed by atoms with Crippen molar-refractivity contribution in [2.24, 2.45) is 0 Å². The second-order valence-electron chi connectivity index (χ2n) is 3.16. The summed E-state index contributed by atoms with van der Waals surface area (Å²) in [6, 6.07) is 13.3. The second kappa shape index (κ2) is 5.18. The van der Waals surface area contributed by atoms with Crippen molar-refractivity contribution in [1.82, 2.24) is 0 Å². The summed E-state index contributed by atoms with van der Waals surface area (Å²) in [5.41, 5.74) is 0. The van der Waals surface area contributed by atoms with Gasteiger partial charge in [0.2, 0.25) is 0 Å². The van der Waals surface area contributed by atoms with E-state index in [0.717, 1.165) is 9.77 Å². The van der Waals surface area contributed by atoms with E-state index in [2.05, 4.69) is 0 Å². The van der Waals surface area contributed by atoms with Crippen LogP contribution < -0.4 is 0 Å². The summed E-state index contributed by atoms with van der Waals surface area (Å²) in [6.45, 7) is 0. The van der Waals surface area contributed by atoms with Crippen LogP contribution in [0.25, 0.3) is 0 Å². The molecule has 0 spiro atoms. The Morgan fingerprint density at radius 2 is 1.94 bits per heavy atom. The zero-order valence-corrected chi connectivity index (χ0v) is 10.0. The van der Waals surface area contributed by atoms with E-state index in [1.54, 1.807) is 0 Å². The number of carbonyl (C=O) groups is 1. The molecule has 1 atom stereocenters. The van der Waals surface area contributed by atoms with Gasteiger partial charge in [-0.2, -0.15) is 0 Å². The summed E-state index contributed by atoms with van der Waals surface area (Å²) in [5.74, 6) is -0.795. The van der Waals surface area contributed by atoms with E-state index in [9.17, 15) is 9.90 Å². The van der Waals surface area contributed by atoms with Gasteiger partial charge in [-0.15, -0.1) is 23.1 Å². The number of rotatable bonds is 4. The Bertz CT molecular complexity index is 451. The molecule has 0 saturated heterocycles. The van der Waals surface area contributed by atoms with E-state index in [4.69, 9.17) is 0 Å². The first-order chi connectivity index (χ1) is 7.77. The van der Waals surface area contributed by atoms with Crippen molar-refractivity contribution in [3.8, 4) is 0 Å². The third-order valence-corrected chi connectivity index (χ3v) is 4.34. The van der Waals surface area contributed by atoms with Crippen molar-refractivity contribution in [2.45, 2.75) is 10.1 Å². The average Bonchev–Trinajstić information content (AvgIpc) is 2.80. The van der Waals surface area contributed by atoms with Gasteiger partial charge in [0.1, 0.15) is 5.25 Å². The molecule has 1 heterocycles. The maximum absolute atomic E-state index is 11.2. The van der Waals surface area contributed by atoms with Gasteiger partial charge in [0.05, 0.1) is 0 Å². The van der Waals surface area contributed by atoms with Crippen molar-refractivity contribution in [1.29, 1.82) is 0 Å². The minimum atomic E-state index is -0.795. The first-order valence-corrected chi connectivity index (χ1v) is 6.51. The van der Waals surface area contributed by atoms with Crippen LogP contribution >= 0.6 is 23.1 Å². The van der Waals surface area contributed by atoms with Crippen LogP contribution in [-0.2, 0) is 4.79 Å². The Kier molecular flexibility index (Phi) is 3.64. The highest BCUT2D eigenvalue weighted by Gasteiger charge is 2.21. The summed E-state index contributed by atoms with van der Waals surface area (Å²) in [6.07, 6.45) is 0. The van der Waals surface area contributed by atoms with Gasteiger partial charge in [-0.3, -0.25) is 4.79 Å². The Hall–Kier alpha value is -1.26. The molecule has 1 unspecified atom stereocenters. The third kappa shape index (κ3) is 2.65. The molecule has 4 heteroatoms.